The van der Waals surface area contributed by atoms with Crippen molar-refractivity contribution in [3.63, 3.8) is 0 Å². The van der Waals surface area contributed by atoms with Crippen LogP contribution in [0.25, 0.3) is 0 Å². The van der Waals surface area contributed by atoms with Gasteiger partial charge in [0.1, 0.15) is 0 Å². The molecule has 1 aromatic carbocycles. The summed E-state index contributed by atoms with van der Waals surface area (Å²) < 4.78 is 0.904. The third-order valence-electron chi connectivity index (χ3n) is 3.10. The van der Waals surface area contributed by atoms with Crippen molar-refractivity contribution >= 4 is 27.4 Å². The number of halogens is 1. The van der Waals surface area contributed by atoms with Crippen LogP contribution in [0.2, 0.25) is 0 Å². The standard InChI is InChI=1S/C12H15BrN2O/c1-15-6-2-3-11(15)12(16)9-5-4-8(13)7-10(9)14/h4-5,7,11H,2-3,6,14H2,1H3. The predicted molar refractivity (Wildman–Crippen MR) is 68.5 cm³/mol. The van der Waals surface area contributed by atoms with E-state index in [1.807, 2.05) is 13.1 Å². The lowest BCUT2D eigenvalue weighted by atomic mass is 10.0. The van der Waals surface area contributed by atoms with E-state index >= 15 is 0 Å². The lowest BCUT2D eigenvalue weighted by Crippen LogP contribution is -2.33. The zero-order valence-electron chi connectivity index (χ0n) is 9.24. The van der Waals surface area contributed by atoms with Gasteiger partial charge in [-0.15, -0.1) is 0 Å². The number of likely N-dealkylation sites (tertiary alicyclic amines) is 1. The second kappa shape index (κ2) is 4.55. The zero-order chi connectivity index (χ0) is 11.7. The highest BCUT2D eigenvalue weighted by atomic mass is 79.9. The molecule has 2 N–H and O–H groups in total. The number of carbonyl (C=O) groups is 1. The molecule has 1 heterocycles. The van der Waals surface area contributed by atoms with Crippen LogP contribution >= 0.6 is 15.9 Å². The van der Waals surface area contributed by atoms with E-state index in [0.717, 1.165) is 23.9 Å². The highest BCUT2D eigenvalue weighted by molar-refractivity contribution is 9.10. The largest absolute Gasteiger partial charge is 0.398 e. The van der Waals surface area contributed by atoms with E-state index in [1.165, 1.54) is 0 Å². The number of carbonyl (C=O) groups excluding carboxylic acids is 1. The molecule has 86 valence electrons. The third kappa shape index (κ3) is 2.13. The molecule has 2 rings (SSSR count). The molecule has 0 spiro atoms. The molecule has 0 bridgehead atoms. The molecule has 3 nitrogen and oxygen atoms in total. The van der Waals surface area contributed by atoms with Crippen LogP contribution in [0.15, 0.2) is 22.7 Å². The van der Waals surface area contributed by atoms with Gasteiger partial charge in [0.15, 0.2) is 5.78 Å². The van der Waals surface area contributed by atoms with Crippen molar-refractivity contribution in [2.24, 2.45) is 0 Å². The molecular formula is C12H15BrN2O. The molecule has 4 heteroatoms. The van der Waals surface area contributed by atoms with Crippen molar-refractivity contribution in [2.75, 3.05) is 19.3 Å². The number of nitrogens with zero attached hydrogens (tertiary/aromatic N) is 1. The minimum Gasteiger partial charge on any atom is -0.398 e. The second-order valence-electron chi connectivity index (χ2n) is 4.23. The van der Waals surface area contributed by atoms with Gasteiger partial charge in [0.2, 0.25) is 0 Å². The second-order valence-corrected chi connectivity index (χ2v) is 5.15. The molecule has 1 aromatic rings. The fourth-order valence-electron chi connectivity index (χ4n) is 2.18. The molecule has 1 saturated heterocycles. The topological polar surface area (TPSA) is 46.3 Å². The number of hydrogen-bond donors (Lipinski definition) is 1. The SMILES string of the molecule is CN1CCCC1C(=O)c1ccc(Br)cc1N. The number of rotatable bonds is 2. The summed E-state index contributed by atoms with van der Waals surface area (Å²) in [5, 5.41) is 0. The maximum Gasteiger partial charge on any atom is 0.182 e. The van der Waals surface area contributed by atoms with E-state index in [4.69, 9.17) is 5.73 Å². The van der Waals surface area contributed by atoms with Gasteiger partial charge in [0.25, 0.3) is 0 Å². The van der Waals surface area contributed by atoms with Gasteiger partial charge in [-0.2, -0.15) is 0 Å². The smallest absolute Gasteiger partial charge is 0.182 e. The quantitative estimate of drug-likeness (QED) is 0.669. The maximum atomic E-state index is 12.3. The Morgan fingerprint density at radius 2 is 2.31 bits per heavy atom. The number of ketones is 1. The summed E-state index contributed by atoms with van der Waals surface area (Å²) in [5.74, 6) is 0.144. The Morgan fingerprint density at radius 3 is 2.88 bits per heavy atom. The minimum atomic E-state index is 0.00322. The van der Waals surface area contributed by atoms with Crippen LogP contribution in [0, 0.1) is 0 Å². The molecule has 1 atom stereocenters. The zero-order valence-corrected chi connectivity index (χ0v) is 10.8. The summed E-state index contributed by atoms with van der Waals surface area (Å²) in [7, 11) is 1.99. The molecule has 0 radical (unpaired) electrons. The van der Waals surface area contributed by atoms with E-state index < -0.39 is 0 Å². The van der Waals surface area contributed by atoms with E-state index in [9.17, 15) is 4.79 Å². The summed E-state index contributed by atoms with van der Waals surface area (Å²) in [5.41, 5.74) is 7.06. The monoisotopic (exact) mass is 282 g/mol. The Labute approximate surface area is 104 Å². The minimum absolute atomic E-state index is 0.00322. The summed E-state index contributed by atoms with van der Waals surface area (Å²) in [4.78, 5) is 14.4. The van der Waals surface area contributed by atoms with E-state index in [-0.39, 0.29) is 11.8 Å². The number of benzene rings is 1. The van der Waals surface area contributed by atoms with Crippen LogP contribution in [0.1, 0.15) is 23.2 Å². The number of nitrogen functional groups attached to an aromatic ring is 1. The predicted octanol–water partition coefficient (Wildman–Crippen LogP) is 2.31. The van der Waals surface area contributed by atoms with Crippen molar-refractivity contribution in [1.29, 1.82) is 0 Å². The molecule has 16 heavy (non-hydrogen) atoms. The fourth-order valence-corrected chi connectivity index (χ4v) is 2.56. The molecular weight excluding hydrogens is 268 g/mol. The van der Waals surface area contributed by atoms with Gasteiger partial charge in [-0.3, -0.25) is 9.69 Å². The number of Topliss-reactive ketones (excluding diaryl/α,β-unsaturated/α-hetero) is 1. The third-order valence-corrected chi connectivity index (χ3v) is 3.60. The van der Waals surface area contributed by atoms with Crippen LogP contribution in [0.5, 0.6) is 0 Å². The molecule has 1 fully saturated rings. The molecule has 0 aromatic heterocycles. The first-order valence-electron chi connectivity index (χ1n) is 5.39. The lowest BCUT2D eigenvalue weighted by molar-refractivity contribution is 0.0891. The number of anilines is 1. The van der Waals surface area contributed by atoms with Crippen LogP contribution < -0.4 is 5.73 Å². The van der Waals surface area contributed by atoms with Crippen LogP contribution in [-0.2, 0) is 0 Å². The lowest BCUT2D eigenvalue weighted by Gasteiger charge is -2.18. The molecule has 1 aliphatic heterocycles. The molecule has 1 unspecified atom stereocenters. The number of hydrogen-bond acceptors (Lipinski definition) is 3. The van der Waals surface area contributed by atoms with Gasteiger partial charge >= 0.3 is 0 Å². The first-order chi connectivity index (χ1) is 7.59. The Morgan fingerprint density at radius 1 is 1.56 bits per heavy atom. The number of likely N-dealkylation sites (N-methyl/N-ethyl adjacent to an activating group) is 1. The van der Waals surface area contributed by atoms with Crippen LogP contribution in [-0.4, -0.2) is 30.3 Å². The Bertz CT molecular complexity index is 419. The Kier molecular flexibility index (Phi) is 3.30. The maximum absolute atomic E-state index is 12.3. The van der Waals surface area contributed by atoms with Gasteiger partial charge in [-0.1, -0.05) is 15.9 Å². The van der Waals surface area contributed by atoms with Gasteiger partial charge in [-0.25, -0.2) is 0 Å². The Balaban J connectivity index is 2.27. The van der Waals surface area contributed by atoms with Gasteiger partial charge in [0, 0.05) is 15.7 Å². The first kappa shape index (κ1) is 11.6. The van der Waals surface area contributed by atoms with Gasteiger partial charge < -0.3 is 5.73 Å². The van der Waals surface area contributed by atoms with Crippen molar-refractivity contribution in [1.82, 2.24) is 4.90 Å². The molecule has 1 aliphatic rings. The van der Waals surface area contributed by atoms with Crippen molar-refractivity contribution in [2.45, 2.75) is 18.9 Å². The Hall–Kier alpha value is -0.870. The van der Waals surface area contributed by atoms with Crippen LogP contribution in [0.4, 0.5) is 5.69 Å². The van der Waals surface area contributed by atoms with Gasteiger partial charge in [-0.05, 0) is 44.6 Å². The van der Waals surface area contributed by atoms with E-state index in [0.29, 0.717) is 11.3 Å². The normalized spacial score (nSPS) is 21.2. The highest BCUT2D eigenvalue weighted by Gasteiger charge is 2.29. The van der Waals surface area contributed by atoms with Crippen molar-refractivity contribution in [3.05, 3.63) is 28.2 Å². The number of nitrogens with two attached hydrogens (primary N) is 1. The highest BCUT2D eigenvalue weighted by Crippen LogP contribution is 2.24. The molecule has 0 amide bonds. The van der Waals surface area contributed by atoms with Crippen LogP contribution in [0.3, 0.4) is 0 Å². The average molecular weight is 283 g/mol. The van der Waals surface area contributed by atoms with E-state index in [2.05, 4.69) is 20.8 Å². The summed E-state index contributed by atoms with van der Waals surface area (Å²) in [6.07, 6.45) is 2.02. The molecule has 0 saturated carbocycles. The fraction of sp³-hybridized carbons (Fsp3) is 0.417. The van der Waals surface area contributed by atoms with Crippen molar-refractivity contribution < 1.29 is 4.79 Å². The summed E-state index contributed by atoms with van der Waals surface area (Å²) >= 11 is 3.34. The first-order valence-corrected chi connectivity index (χ1v) is 6.18. The molecule has 0 aliphatic carbocycles. The van der Waals surface area contributed by atoms with E-state index in [1.54, 1.807) is 12.1 Å². The summed E-state index contributed by atoms with van der Waals surface area (Å²) in [6.45, 7) is 0.993. The van der Waals surface area contributed by atoms with Crippen molar-refractivity contribution in [3.8, 4) is 0 Å². The summed E-state index contributed by atoms with van der Waals surface area (Å²) in [6, 6.07) is 5.44. The average Bonchev–Trinajstić information content (AvgIpc) is 2.63. The van der Waals surface area contributed by atoms with Gasteiger partial charge in [0.05, 0.1) is 6.04 Å².